The zero-order valence-electron chi connectivity index (χ0n) is 9.13. The molecule has 0 bridgehead atoms. The van der Waals surface area contributed by atoms with Gasteiger partial charge in [-0.2, -0.15) is 0 Å². The summed E-state index contributed by atoms with van der Waals surface area (Å²) < 4.78 is 3.09. The average molecular weight is 343 g/mol. The number of aryl methyl sites for hydroxylation is 1. The van der Waals surface area contributed by atoms with Crippen molar-refractivity contribution in [1.82, 2.24) is 14.1 Å². The molecule has 88 valence electrons. The Morgan fingerprint density at radius 1 is 1.35 bits per heavy atom. The first-order valence-electron chi connectivity index (χ1n) is 4.95. The third-order valence-electron chi connectivity index (χ3n) is 2.34. The fourth-order valence-corrected chi connectivity index (χ4v) is 2.19. The van der Waals surface area contributed by atoms with Crippen molar-refractivity contribution < 1.29 is 0 Å². The van der Waals surface area contributed by atoms with Crippen molar-refractivity contribution in [3.8, 4) is 0 Å². The van der Waals surface area contributed by atoms with Crippen molar-refractivity contribution in [2.24, 2.45) is 7.05 Å². The Kier molecular flexibility index (Phi) is 3.41. The third-order valence-corrected chi connectivity index (χ3v) is 3.08. The molecule has 0 fully saturated rings. The lowest BCUT2D eigenvalue weighted by atomic mass is 10.3. The van der Waals surface area contributed by atoms with Gasteiger partial charge in [-0.1, -0.05) is 6.07 Å². The van der Waals surface area contributed by atoms with E-state index >= 15 is 0 Å². The molecule has 17 heavy (non-hydrogen) atoms. The molecule has 6 heteroatoms. The first kappa shape index (κ1) is 12.0. The highest BCUT2D eigenvalue weighted by Crippen LogP contribution is 1.97. The van der Waals surface area contributed by atoms with Crippen LogP contribution in [0.2, 0.25) is 0 Å². The van der Waals surface area contributed by atoms with E-state index in [-0.39, 0.29) is 17.8 Å². The monoisotopic (exact) mass is 343 g/mol. The second kappa shape index (κ2) is 4.82. The lowest BCUT2D eigenvalue weighted by Crippen LogP contribution is -2.40. The minimum absolute atomic E-state index is 0.198. The lowest BCUT2D eigenvalue weighted by Gasteiger charge is -2.07. The van der Waals surface area contributed by atoms with Gasteiger partial charge >= 0.3 is 5.69 Å². The van der Waals surface area contributed by atoms with Crippen molar-refractivity contribution in [1.29, 1.82) is 0 Å². The highest BCUT2D eigenvalue weighted by atomic mass is 127. The van der Waals surface area contributed by atoms with Crippen LogP contribution in [-0.4, -0.2) is 14.1 Å². The number of nitrogens with zero attached hydrogens (tertiary/aromatic N) is 3. The second-order valence-corrected chi connectivity index (χ2v) is 4.75. The molecule has 0 radical (unpaired) electrons. The number of hydrogen-bond acceptors (Lipinski definition) is 3. The minimum atomic E-state index is -0.332. The van der Waals surface area contributed by atoms with E-state index in [4.69, 9.17) is 0 Å². The summed E-state index contributed by atoms with van der Waals surface area (Å²) >= 11 is 1.92. The molecule has 0 amide bonds. The largest absolute Gasteiger partial charge is 0.331 e. The molecule has 0 aliphatic carbocycles. The number of halogens is 1. The first-order chi connectivity index (χ1) is 8.09. The smallest absolute Gasteiger partial charge is 0.302 e. The Balaban J connectivity index is 2.54. The molecule has 2 aromatic heterocycles. The molecule has 5 nitrogen and oxygen atoms in total. The summed E-state index contributed by atoms with van der Waals surface area (Å²) in [6, 6.07) is 5.40. The molecule has 0 spiro atoms. The standard InChI is InChI=1S/C11H10IN3O2/c1-14-7-9(12)10(16)15(11(14)17)6-8-4-2-3-5-13-8/h2-5,7H,6H2,1H3. The normalized spacial score (nSPS) is 10.5. The van der Waals surface area contributed by atoms with Crippen LogP contribution in [-0.2, 0) is 13.6 Å². The fourth-order valence-electron chi connectivity index (χ4n) is 1.48. The Labute approximate surface area is 111 Å². The van der Waals surface area contributed by atoms with E-state index in [9.17, 15) is 9.59 Å². The molecule has 0 aromatic carbocycles. The van der Waals surface area contributed by atoms with Crippen LogP contribution in [0.25, 0.3) is 0 Å². The van der Waals surface area contributed by atoms with Gasteiger partial charge in [-0.05, 0) is 34.7 Å². The molecular weight excluding hydrogens is 333 g/mol. The second-order valence-electron chi connectivity index (χ2n) is 3.58. The molecule has 0 atom stereocenters. The van der Waals surface area contributed by atoms with Gasteiger partial charge in [-0.25, -0.2) is 4.79 Å². The van der Waals surface area contributed by atoms with Gasteiger partial charge in [0, 0.05) is 19.4 Å². The van der Waals surface area contributed by atoms with Crippen LogP contribution in [0, 0.1) is 3.57 Å². The van der Waals surface area contributed by atoms with E-state index < -0.39 is 0 Å². The van der Waals surface area contributed by atoms with Gasteiger partial charge < -0.3 is 4.57 Å². The van der Waals surface area contributed by atoms with Crippen LogP contribution in [0.1, 0.15) is 5.69 Å². The number of rotatable bonds is 2. The Morgan fingerprint density at radius 2 is 2.12 bits per heavy atom. The van der Waals surface area contributed by atoms with Gasteiger partial charge in [0.15, 0.2) is 0 Å². The molecule has 0 N–H and O–H groups in total. The highest BCUT2D eigenvalue weighted by molar-refractivity contribution is 14.1. The Bertz CT molecular complexity index is 612. The van der Waals surface area contributed by atoms with Crippen LogP contribution in [0.4, 0.5) is 0 Å². The predicted octanol–water partition coefficient (Wildman–Crippen LogP) is 0.595. The van der Waals surface area contributed by atoms with Gasteiger partial charge in [0.2, 0.25) is 0 Å². The molecular formula is C11H10IN3O2. The average Bonchev–Trinajstić information content (AvgIpc) is 2.33. The van der Waals surface area contributed by atoms with Gasteiger partial charge in [-0.3, -0.25) is 14.3 Å². The molecule has 0 aliphatic heterocycles. The van der Waals surface area contributed by atoms with Crippen LogP contribution >= 0.6 is 22.6 Å². The third kappa shape index (κ3) is 2.46. The maximum absolute atomic E-state index is 11.9. The first-order valence-corrected chi connectivity index (χ1v) is 6.03. The summed E-state index contributed by atoms with van der Waals surface area (Å²) in [6.07, 6.45) is 3.17. The summed E-state index contributed by atoms with van der Waals surface area (Å²) in [5.41, 5.74) is 0.0779. The van der Waals surface area contributed by atoms with Crippen molar-refractivity contribution in [2.45, 2.75) is 6.54 Å². The number of aromatic nitrogens is 3. The number of pyridine rings is 1. The lowest BCUT2D eigenvalue weighted by molar-refractivity contribution is 0.626. The Hall–Kier alpha value is -1.44. The topological polar surface area (TPSA) is 56.9 Å². The predicted molar refractivity (Wildman–Crippen MR) is 72.0 cm³/mol. The van der Waals surface area contributed by atoms with E-state index in [1.165, 1.54) is 15.3 Å². The summed E-state index contributed by atoms with van der Waals surface area (Å²) in [5.74, 6) is 0. The number of hydrogen-bond donors (Lipinski definition) is 0. The van der Waals surface area contributed by atoms with Crippen molar-refractivity contribution in [3.05, 3.63) is 60.7 Å². The molecule has 2 heterocycles. The summed E-state index contributed by atoms with van der Waals surface area (Å²) in [4.78, 5) is 27.8. The van der Waals surface area contributed by atoms with E-state index in [2.05, 4.69) is 4.98 Å². The zero-order chi connectivity index (χ0) is 12.4. The molecule has 0 unspecified atom stereocenters. The maximum atomic E-state index is 11.9. The SMILES string of the molecule is Cn1cc(I)c(=O)n(Cc2ccccn2)c1=O. The molecule has 2 aromatic rings. The van der Waals surface area contributed by atoms with Crippen LogP contribution in [0.15, 0.2) is 40.2 Å². The maximum Gasteiger partial charge on any atom is 0.331 e. The van der Waals surface area contributed by atoms with Gasteiger partial charge in [-0.15, -0.1) is 0 Å². The highest BCUT2D eigenvalue weighted by Gasteiger charge is 2.08. The van der Waals surface area contributed by atoms with E-state index in [1.807, 2.05) is 28.7 Å². The van der Waals surface area contributed by atoms with Crippen LogP contribution in [0.3, 0.4) is 0 Å². The molecule has 0 saturated carbocycles. The summed E-state index contributed by atoms with van der Waals surface area (Å²) in [5, 5.41) is 0. The molecule has 0 aliphatic rings. The summed E-state index contributed by atoms with van der Waals surface area (Å²) in [6.45, 7) is 0.198. The zero-order valence-corrected chi connectivity index (χ0v) is 11.3. The fraction of sp³-hybridized carbons (Fsp3) is 0.182. The van der Waals surface area contributed by atoms with Gasteiger partial charge in [0.1, 0.15) is 0 Å². The molecule has 0 saturated heterocycles. The van der Waals surface area contributed by atoms with Crippen molar-refractivity contribution >= 4 is 22.6 Å². The van der Waals surface area contributed by atoms with Crippen molar-refractivity contribution in [2.75, 3.05) is 0 Å². The Morgan fingerprint density at radius 3 is 2.76 bits per heavy atom. The summed E-state index contributed by atoms with van der Waals surface area (Å²) in [7, 11) is 1.62. The van der Waals surface area contributed by atoms with Crippen molar-refractivity contribution in [3.63, 3.8) is 0 Å². The van der Waals surface area contributed by atoms with Crippen LogP contribution < -0.4 is 11.2 Å². The van der Waals surface area contributed by atoms with Gasteiger partial charge in [0.05, 0.1) is 15.8 Å². The minimum Gasteiger partial charge on any atom is -0.302 e. The quantitative estimate of drug-likeness (QED) is 0.751. The van der Waals surface area contributed by atoms with E-state index in [0.717, 1.165) is 0 Å². The molecule has 2 rings (SSSR count). The van der Waals surface area contributed by atoms with E-state index in [0.29, 0.717) is 9.26 Å². The van der Waals surface area contributed by atoms with Gasteiger partial charge in [0.25, 0.3) is 5.56 Å². The van der Waals surface area contributed by atoms with Crippen LogP contribution in [0.5, 0.6) is 0 Å². The van der Waals surface area contributed by atoms with E-state index in [1.54, 1.807) is 25.4 Å².